The summed E-state index contributed by atoms with van der Waals surface area (Å²) in [4.78, 5) is 11.1. The summed E-state index contributed by atoms with van der Waals surface area (Å²) in [6.45, 7) is 2.38. The third-order valence-electron chi connectivity index (χ3n) is 5.51. The number of rotatable bonds is 2. The second kappa shape index (κ2) is 4.60. The molecule has 4 rings (SSSR count). The Bertz CT molecular complexity index is 774. The van der Waals surface area contributed by atoms with Crippen molar-refractivity contribution < 1.29 is 71.0 Å². The Labute approximate surface area is 149 Å². The number of hydrogen-bond acceptors (Lipinski definition) is 2. The lowest BCUT2D eigenvalue weighted by Gasteiger charge is -2.72. The Morgan fingerprint density at radius 1 is 0.655 bits per heavy atom. The van der Waals surface area contributed by atoms with Crippen LogP contribution < -0.4 is 0 Å². The summed E-state index contributed by atoms with van der Waals surface area (Å²) in [5.74, 6) is -52.6. The van der Waals surface area contributed by atoms with E-state index in [0.29, 0.717) is 0 Å². The van der Waals surface area contributed by atoms with Crippen LogP contribution in [0.2, 0.25) is 0 Å². The first kappa shape index (κ1) is 21.9. The van der Waals surface area contributed by atoms with Gasteiger partial charge in [0.1, 0.15) is 0 Å². The zero-order valence-corrected chi connectivity index (χ0v) is 13.0. The number of carbonyl (C=O) groups excluding carboxylic acids is 1. The van der Waals surface area contributed by atoms with E-state index in [9.17, 15) is 66.3 Å². The summed E-state index contributed by atoms with van der Waals surface area (Å²) in [6.07, 6.45) is -0.453. The minimum Gasteiger partial charge on any atom is -0.436 e. The van der Waals surface area contributed by atoms with Gasteiger partial charge in [-0.2, -0.15) is 26.3 Å². The van der Waals surface area contributed by atoms with Crippen LogP contribution in [0.25, 0.3) is 0 Å². The molecule has 166 valence electrons. The van der Waals surface area contributed by atoms with Crippen molar-refractivity contribution in [2.45, 2.75) is 52.5 Å². The summed E-state index contributed by atoms with van der Waals surface area (Å²) in [5, 5.41) is 0. The Kier molecular flexibility index (Phi) is 3.48. The first-order valence-corrected chi connectivity index (χ1v) is 7.07. The molecule has 4 aliphatic rings. The Morgan fingerprint density at radius 3 is 1.31 bits per heavy atom. The molecule has 0 aromatic carbocycles. The molecule has 4 bridgehead atoms. The minimum atomic E-state index is -7.64. The van der Waals surface area contributed by atoms with E-state index in [1.807, 2.05) is 0 Å². The van der Waals surface area contributed by atoms with Crippen LogP contribution in [-0.2, 0) is 9.53 Å². The van der Waals surface area contributed by atoms with Gasteiger partial charge >= 0.3 is 58.4 Å². The molecular weight excluding hydrogens is 454 g/mol. The molecule has 4 saturated carbocycles. The molecule has 0 heterocycles. The monoisotopic (exact) mass is 458 g/mol. The largest absolute Gasteiger partial charge is 0.436 e. The number of halogens is 14. The average molecular weight is 458 g/mol. The molecule has 2 nitrogen and oxygen atoms in total. The predicted molar refractivity (Wildman–Crippen MR) is 59.9 cm³/mol. The van der Waals surface area contributed by atoms with Crippen LogP contribution >= 0.6 is 0 Å². The zero-order chi connectivity index (χ0) is 23.1. The molecule has 2 atom stereocenters. The third kappa shape index (κ3) is 1.42. The molecule has 2 unspecified atom stereocenters. The van der Waals surface area contributed by atoms with Gasteiger partial charge in [0, 0.05) is 6.08 Å². The van der Waals surface area contributed by atoms with E-state index in [-0.39, 0.29) is 0 Å². The lowest BCUT2D eigenvalue weighted by atomic mass is 9.41. The number of hydrogen-bond donors (Lipinski definition) is 0. The van der Waals surface area contributed by atoms with Crippen LogP contribution in [-0.4, -0.2) is 58.4 Å². The summed E-state index contributed by atoms with van der Waals surface area (Å²) < 4.78 is 203. The topological polar surface area (TPSA) is 26.3 Å². The van der Waals surface area contributed by atoms with E-state index in [1.54, 1.807) is 0 Å². The highest BCUT2D eigenvalue weighted by molar-refractivity contribution is 5.82. The maximum Gasteiger partial charge on any atom is 0.344 e. The average Bonchev–Trinajstić information content (AvgIpc) is 2.52. The molecule has 0 N–H and O–H groups in total. The quantitative estimate of drug-likeness (QED) is 0.350. The predicted octanol–water partition coefficient (Wildman–Crippen LogP) is 4.34. The number of alkyl halides is 14. The van der Waals surface area contributed by atoms with E-state index in [2.05, 4.69) is 11.3 Å². The second-order valence-corrected chi connectivity index (χ2v) is 6.65. The van der Waals surface area contributed by atoms with E-state index >= 15 is 0 Å². The van der Waals surface area contributed by atoms with Gasteiger partial charge in [0.2, 0.25) is 0 Å². The smallest absolute Gasteiger partial charge is 0.344 e. The molecule has 0 aliphatic heterocycles. The van der Waals surface area contributed by atoms with Gasteiger partial charge in [-0.15, -0.1) is 0 Å². The van der Waals surface area contributed by atoms with Crippen molar-refractivity contribution in [1.29, 1.82) is 0 Å². The normalized spacial score (nSPS) is 46.2. The minimum absolute atomic E-state index is 0.453. The van der Waals surface area contributed by atoms with Crippen molar-refractivity contribution in [1.82, 2.24) is 0 Å². The first-order valence-electron chi connectivity index (χ1n) is 7.07. The van der Waals surface area contributed by atoms with Gasteiger partial charge < -0.3 is 4.74 Å². The van der Waals surface area contributed by atoms with Crippen LogP contribution in [0.4, 0.5) is 61.5 Å². The summed E-state index contributed by atoms with van der Waals surface area (Å²) in [5.41, 5.74) is -21.5. The highest BCUT2D eigenvalue weighted by Crippen LogP contribution is 2.86. The molecule has 0 radical (unpaired) electrons. The summed E-state index contributed by atoms with van der Waals surface area (Å²) in [6, 6.07) is 0. The third-order valence-corrected chi connectivity index (χ3v) is 5.51. The van der Waals surface area contributed by atoms with Crippen LogP contribution in [0.5, 0.6) is 0 Å². The number of esters is 1. The highest BCUT2D eigenvalue weighted by Gasteiger charge is 3.19. The van der Waals surface area contributed by atoms with E-state index in [0.717, 1.165) is 0 Å². The SMILES string of the molecule is C=CC(=O)OC12C(F)(F)C3C(F)(F)C(F)(C(F)(F)C(F)(C3(F)F)C1(F)F)C2(F)F. The Morgan fingerprint density at radius 2 is 1.00 bits per heavy atom. The molecule has 16 heteroatoms. The van der Waals surface area contributed by atoms with Crippen molar-refractivity contribution >= 4 is 5.97 Å². The summed E-state index contributed by atoms with van der Waals surface area (Å²) in [7, 11) is 0. The molecule has 0 aromatic rings. The van der Waals surface area contributed by atoms with E-state index in [1.165, 1.54) is 0 Å². The van der Waals surface area contributed by atoms with Crippen molar-refractivity contribution in [3.8, 4) is 0 Å². The highest BCUT2D eigenvalue weighted by atomic mass is 19.3. The Balaban J connectivity index is 2.64. The molecule has 4 aliphatic carbocycles. The standard InChI is InChI=1S/C13H4F14O2/c1-2-3(28)29-10-7(18,19)4-5(14,15)8(20,12(10,24)25)11(22,23)9(21,6(4,16)17)13(10,26)27/h2,4H,1H2. The van der Waals surface area contributed by atoms with Gasteiger partial charge in [-0.3, -0.25) is 0 Å². The second-order valence-electron chi connectivity index (χ2n) is 6.65. The van der Waals surface area contributed by atoms with Crippen molar-refractivity contribution in [3.05, 3.63) is 12.7 Å². The maximum atomic E-state index is 14.6. The fourth-order valence-corrected chi connectivity index (χ4v) is 4.24. The fraction of sp³-hybridized carbons (Fsp3) is 0.769. The van der Waals surface area contributed by atoms with Crippen LogP contribution in [0.3, 0.4) is 0 Å². The van der Waals surface area contributed by atoms with Crippen molar-refractivity contribution in [2.75, 3.05) is 0 Å². The zero-order valence-electron chi connectivity index (χ0n) is 13.0. The summed E-state index contributed by atoms with van der Waals surface area (Å²) >= 11 is 0. The van der Waals surface area contributed by atoms with Crippen molar-refractivity contribution in [3.63, 3.8) is 0 Å². The van der Waals surface area contributed by atoms with Gasteiger partial charge in [-0.1, -0.05) is 6.58 Å². The van der Waals surface area contributed by atoms with Gasteiger partial charge in [0.25, 0.3) is 0 Å². The molecule has 4 fully saturated rings. The van der Waals surface area contributed by atoms with Gasteiger partial charge in [0.05, 0.1) is 0 Å². The fourth-order valence-electron chi connectivity index (χ4n) is 4.24. The molecule has 0 amide bonds. The van der Waals surface area contributed by atoms with E-state index in [4.69, 9.17) is 0 Å². The molecule has 0 spiro atoms. The van der Waals surface area contributed by atoms with Crippen molar-refractivity contribution in [2.24, 2.45) is 5.92 Å². The van der Waals surface area contributed by atoms with Crippen LogP contribution in [0.1, 0.15) is 0 Å². The van der Waals surface area contributed by atoms with E-state index < -0.39 is 70.4 Å². The Hall–Kier alpha value is -1.77. The lowest BCUT2D eigenvalue weighted by molar-refractivity contribution is -0.596. The molecule has 0 saturated heterocycles. The van der Waals surface area contributed by atoms with Crippen LogP contribution in [0, 0.1) is 5.92 Å². The van der Waals surface area contributed by atoms with Gasteiger partial charge in [-0.25, -0.2) is 39.9 Å². The van der Waals surface area contributed by atoms with Gasteiger partial charge in [-0.05, 0) is 0 Å². The molecule has 29 heavy (non-hydrogen) atoms. The van der Waals surface area contributed by atoms with Gasteiger partial charge in [0.15, 0.2) is 5.92 Å². The lowest BCUT2D eigenvalue weighted by Crippen LogP contribution is -3.06. The molecular formula is C13H4F14O2. The number of ether oxygens (including phenoxy) is 1. The van der Waals surface area contributed by atoms with Crippen LogP contribution in [0.15, 0.2) is 12.7 Å². The maximum absolute atomic E-state index is 14.6. The number of carbonyl (C=O) groups is 1. The molecule has 0 aromatic heterocycles. The first-order chi connectivity index (χ1) is 12.6.